The number of nitrogens with zero attached hydrogens (tertiary/aromatic N) is 1. The summed E-state index contributed by atoms with van der Waals surface area (Å²) in [6, 6.07) is 10.3. The van der Waals surface area contributed by atoms with Crippen LogP contribution in [0.4, 0.5) is 5.69 Å². The molecule has 1 N–H and O–H groups in total. The number of nitrogens with one attached hydrogen (secondary N) is 1. The lowest BCUT2D eigenvalue weighted by molar-refractivity contribution is 0.568. The molecule has 1 aromatic rings. The molecule has 0 amide bonds. The molecule has 2 nitrogen and oxygen atoms in total. The van der Waals surface area contributed by atoms with Gasteiger partial charge < -0.3 is 5.32 Å². The molecular formula is C13H18N2. The number of rotatable bonds is 4. The van der Waals surface area contributed by atoms with Crippen LogP contribution < -0.4 is 5.32 Å². The number of nitriles is 1. The number of anilines is 1. The highest BCUT2D eigenvalue weighted by Crippen LogP contribution is 2.16. The molecule has 0 fully saturated rings. The SMILES string of the molecule is Cc1ccccc1NC(C#N)CC(C)C. The molecule has 0 radical (unpaired) electrons. The first-order valence-corrected chi connectivity index (χ1v) is 5.35. The van der Waals surface area contributed by atoms with Gasteiger partial charge in [0.15, 0.2) is 0 Å². The van der Waals surface area contributed by atoms with E-state index in [1.165, 1.54) is 5.56 Å². The van der Waals surface area contributed by atoms with Crippen LogP contribution in [0.5, 0.6) is 0 Å². The molecule has 0 spiro atoms. The van der Waals surface area contributed by atoms with Crippen LogP contribution in [-0.2, 0) is 0 Å². The molecule has 80 valence electrons. The second-order valence-corrected chi connectivity index (χ2v) is 4.27. The van der Waals surface area contributed by atoms with Gasteiger partial charge in [-0.2, -0.15) is 5.26 Å². The van der Waals surface area contributed by atoms with Crippen LogP contribution >= 0.6 is 0 Å². The molecule has 0 bridgehead atoms. The topological polar surface area (TPSA) is 35.8 Å². The highest BCUT2D eigenvalue weighted by molar-refractivity contribution is 5.51. The van der Waals surface area contributed by atoms with Gasteiger partial charge in [-0.25, -0.2) is 0 Å². The van der Waals surface area contributed by atoms with Gasteiger partial charge in [-0.05, 0) is 30.9 Å². The molecule has 15 heavy (non-hydrogen) atoms. The van der Waals surface area contributed by atoms with E-state index in [9.17, 15) is 0 Å². The van der Waals surface area contributed by atoms with Crippen molar-refractivity contribution in [1.29, 1.82) is 5.26 Å². The summed E-state index contributed by atoms with van der Waals surface area (Å²) in [5, 5.41) is 12.3. The fraction of sp³-hybridized carbons (Fsp3) is 0.462. The lowest BCUT2D eigenvalue weighted by Gasteiger charge is -2.16. The van der Waals surface area contributed by atoms with Crippen molar-refractivity contribution >= 4 is 5.69 Å². The van der Waals surface area contributed by atoms with Crippen LogP contribution in [0, 0.1) is 24.2 Å². The van der Waals surface area contributed by atoms with E-state index in [4.69, 9.17) is 5.26 Å². The van der Waals surface area contributed by atoms with Crippen molar-refractivity contribution in [3.8, 4) is 6.07 Å². The molecule has 0 saturated heterocycles. The maximum atomic E-state index is 9.01. The Hall–Kier alpha value is -1.49. The van der Waals surface area contributed by atoms with E-state index in [0.717, 1.165) is 12.1 Å². The van der Waals surface area contributed by atoms with Crippen molar-refractivity contribution in [2.24, 2.45) is 5.92 Å². The third-order valence-corrected chi connectivity index (χ3v) is 2.34. The summed E-state index contributed by atoms with van der Waals surface area (Å²) in [7, 11) is 0. The first-order valence-electron chi connectivity index (χ1n) is 5.35. The second-order valence-electron chi connectivity index (χ2n) is 4.27. The van der Waals surface area contributed by atoms with E-state index in [2.05, 4.69) is 25.2 Å². The van der Waals surface area contributed by atoms with Gasteiger partial charge in [0.25, 0.3) is 0 Å². The smallest absolute Gasteiger partial charge is 0.114 e. The van der Waals surface area contributed by atoms with Crippen LogP contribution in [0.3, 0.4) is 0 Å². The fourth-order valence-corrected chi connectivity index (χ4v) is 1.54. The van der Waals surface area contributed by atoms with Crippen LogP contribution in [0.25, 0.3) is 0 Å². The number of hydrogen-bond acceptors (Lipinski definition) is 2. The Morgan fingerprint density at radius 3 is 2.53 bits per heavy atom. The lowest BCUT2D eigenvalue weighted by atomic mass is 10.0. The van der Waals surface area contributed by atoms with Crippen molar-refractivity contribution in [3.63, 3.8) is 0 Å². The summed E-state index contributed by atoms with van der Waals surface area (Å²) in [4.78, 5) is 0. The molecule has 1 rings (SSSR count). The van der Waals surface area contributed by atoms with Crippen LogP contribution in [-0.4, -0.2) is 6.04 Å². The van der Waals surface area contributed by atoms with Crippen molar-refractivity contribution in [2.45, 2.75) is 33.2 Å². The zero-order valence-corrected chi connectivity index (χ0v) is 9.62. The number of para-hydroxylation sites is 1. The van der Waals surface area contributed by atoms with Crippen LogP contribution in [0.2, 0.25) is 0 Å². The Kier molecular flexibility index (Phi) is 4.17. The normalized spacial score (nSPS) is 12.2. The fourth-order valence-electron chi connectivity index (χ4n) is 1.54. The highest BCUT2D eigenvalue weighted by atomic mass is 14.9. The van der Waals surface area contributed by atoms with Crippen molar-refractivity contribution < 1.29 is 0 Å². The van der Waals surface area contributed by atoms with Gasteiger partial charge in [-0.3, -0.25) is 0 Å². The molecule has 0 aromatic heterocycles. The summed E-state index contributed by atoms with van der Waals surface area (Å²) < 4.78 is 0. The van der Waals surface area contributed by atoms with E-state index in [-0.39, 0.29) is 6.04 Å². The van der Waals surface area contributed by atoms with Crippen LogP contribution in [0.15, 0.2) is 24.3 Å². The predicted molar refractivity (Wildman–Crippen MR) is 63.7 cm³/mol. The van der Waals surface area contributed by atoms with E-state index >= 15 is 0 Å². The summed E-state index contributed by atoms with van der Waals surface area (Å²) in [6.07, 6.45) is 0.880. The Labute approximate surface area is 91.9 Å². The third-order valence-electron chi connectivity index (χ3n) is 2.34. The molecule has 1 unspecified atom stereocenters. The van der Waals surface area contributed by atoms with Gasteiger partial charge in [0, 0.05) is 5.69 Å². The first kappa shape index (κ1) is 11.6. The Morgan fingerprint density at radius 1 is 1.33 bits per heavy atom. The minimum absolute atomic E-state index is 0.0916. The van der Waals surface area contributed by atoms with Gasteiger partial charge in [-0.15, -0.1) is 0 Å². The minimum Gasteiger partial charge on any atom is -0.370 e. The predicted octanol–water partition coefficient (Wildman–Crippen LogP) is 3.35. The Morgan fingerprint density at radius 2 is 2.00 bits per heavy atom. The lowest BCUT2D eigenvalue weighted by Crippen LogP contribution is -2.19. The minimum atomic E-state index is -0.0916. The molecule has 0 saturated carbocycles. The van der Waals surface area contributed by atoms with Gasteiger partial charge in [0.2, 0.25) is 0 Å². The van der Waals surface area contributed by atoms with Gasteiger partial charge in [0.05, 0.1) is 6.07 Å². The maximum absolute atomic E-state index is 9.01. The summed E-state index contributed by atoms with van der Waals surface area (Å²) in [5.74, 6) is 0.533. The average molecular weight is 202 g/mol. The summed E-state index contributed by atoms with van der Waals surface area (Å²) in [5.41, 5.74) is 2.24. The Bertz CT molecular complexity index is 350. The molecule has 0 aliphatic heterocycles. The molecular weight excluding hydrogens is 184 g/mol. The molecule has 1 aromatic carbocycles. The van der Waals surface area contributed by atoms with Crippen molar-refractivity contribution in [2.75, 3.05) is 5.32 Å². The molecule has 0 aliphatic carbocycles. The van der Waals surface area contributed by atoms with Gasteiger partial charge >= 0.3 is 0 Å². The average Bonchev–Trinajstić information content (AvgIpc) is 2.19. The highest BCUT2D eigenvalue weighted by Gasteiger charge is 2.09. The van der Waals surface area contributed by atoms with Crippen molar-refractivity contribution in [1.82, 2.24) is 0 Å². The van der Waals surface area contributed by atoms with E-state index < -0.39 is 0 Å². The summed E-state index contributed by atoms with van der Waals surface area (Å²) >= 11 is 0. The zero-order chi connectivity index (χ0) is 11.3. The zero-order valence-electron chi connectivity index (χ0n) is 9.62. The molecule has 0 aliphatic rings. The number of aryl methyl sites for hydroxylation is 1. The first-order chi connectivity index (χ1) is 7.13. The van der Waals surface area contributed by atoms with E-state index in [1.807, 2.05) is 31.2 Å². The molecule has 2 heteroatoms. The number of benzene rings is 1. The Balaban J connectivity index is 2.68. The maximum Gasteiger partial charge on any atom is 0.114 e. The van der Waals surface area contributed by atoms with Crippen molar-refractivity contribution in [3.05, 3.63) is 29.8 Å². The monoisotopic (exact) mass is 202 g/mol. The second kappa shape index (κ2) is 5.41. The largest absolute Gasteiger partial charge is 0.370 e. The molecule has 0 heterocycles. The van der Waals surface area contributed by atoms with Crippen LogP contribution in [0.1, 0.15) is 25.8 Å². The molecule has 1 atom stereocenters. The third kappa shape index (κ3) is 3.63. The van der Waals surface area contributed by atoms with Gasteiger partial charge in [-0.1, -0.05) is 32.0 Å². The quantitative estimate of drug-likeness (QED) is 0.812. The number of hydrogen-bond donors (Lipinski definition) is 1. The van der Waals surface area contributed by atoms with E-state index in [0.29, 0.717) is 5.92 Å². The van der Waals surface area contributed by atoms with Gasteiger partial charge in [0.1, 0.15) is 6.04 Å². The van der Waals surface area contributed by atoms with E-state index in [1.54, 1.807) is 0 Å². The summed E-state index contributed by atoms with van der Waals surface area (Å²) in [6.45, 7) is 6.31. The standard InChI is InChI=1S/C13H18N2/c1-10(2)8-12(9-14)15-13-7-5-4-6-11(13)3/h4-7,10,12,15H,8H2,1-3H3.